The van der Waals surface area contributed by atoms with Crippen LogP contribution in [-0.2, 0) is 10.0 Å². The van der Waals surface area contributed by atoms with Gasteiger partial charge >= 0.3 is 0 Å². The van der Waals surface area contributed by atoms with Gasteiger partial charge in [-0.2, -0.15) is 17.6 Å². The van der Waals surface area contributed by atoms with Gasteiger partial charge in [0.1, 0.15) is 0 Å². The molecule has 1 aromatic carbocycles. The van der Waals surface area contributed by atoms with Gasteiger partial charge in [-0.15, -0.1) is 0 Å². The quantitative estimate of drug-likeness (QED) is 0.631. The second-order valence-corrected chi connectivity index (χ2v) is 6.00. The first kappa shape index (κ1) is 12.7. The Morgan fingerprint density at radius 2 is 2.11 bits per heavy atom. The van der Waals surface area contributed by atoms with Gasteiger partial charge in [-0.05, 0) is 22.0 Å². The summed E-state index contributed by atoms with van der Waals surface area (Å²) >= 11 is 3.08. The van der Waals surface area contributed by atoms with Crippen LogP contribution < -0.4 is 0 Å². The van der Waals surface area contributed by atoms with Gasteiger partial charge in [0.05, 0.1) is 26.7 Å². The third kappa shape index (κ3) is 2.27. The van der Waals surface area contributed by atoms with Gasteiger partial charge in [0.2, 0.25) is 0 Å². The van der Waals surface area contributed by atoms with E-state index in [9.17, 15) is 18.5 Å². The zero-order chi connectivity index (χ0) is 13.3. The smallest absolute Gasteiger partial charge is 0.258 e. The number of nitro benzene ring substituents is 1. The molecule has 2 rings (SSSR count). The van der Waals surface area contributed by atoms with Crippen molar-refractivity contribution >= 4 is 31.6 Å². The highest BCUT2D eigenvalue weighted by molar-refractivity contribution is 9.10. The maximum absolute atomic E-state index is 12.1. The van der Waals surface area contributed by atoms with Crippen LogP contribution in [0, 0.1) is 10.1 Å². The Hall–Kier alpha value is -1.74. The predicted molar refractivity (Wildman–Crippen MR) is 65.6 cm³/mol. The summed E-state index contributed by atoms with van der Waals surface area (Å²) in [5.41, 5.74) is -0.290. The first-order chi connectivity index (χ1) is 8.41. The Morgan fingerprint density at radius 1 is 1.39 bits per heavy atom. The van der Waals surface area contributed by atoms with E-state index in [1.54, 1.807) is 0 Å². The number of benzene rings is 1. The van der Waals surface area contributed by atoms with Gasteiger partial charge in [0.15, 0.2) is 0 Å². The van der Waals surface area contributed by atoms with Crippen LogP contribution in [0.15, 0.2) is 46.0 Å². The number of nitro groups is 1. The van der Waals surface area contributed by atoms with Crippen molar-refractivity contribution in [3.05, 3.63) is 51.2 Å². The number of rotatable bonds is 3. The maximum atomic E-state index is 12.1. The van der Waals surface area contributed by atoms with Crippen LogP contribution in [0.1, 0.15) is 0 Å². The lowest BCUT2D eigenvalue weighted by molar-refractivity contribution is -0.385. The molecule has 0 saturated heterocycles. The number of nitrogens with zero attached hydrogens (tertiary/aromatic N) is 3. The average Bonchev–Trinajstić information content (AvgIpc) is 2.77. The van der Waals surface area contributed by atoms with Gasteiger partial charge in [-0.25, -0.2) is 0 Å². The summed E-state index contributed by atoms with van der Waals surface area (Å²) in [6.45, 7) is 0. The molecule has 0 bridgehead atoms. The summed E-state index contributed by atoms with van der Waals surface area (Å²) in [7, 11) is -3.90. The number of aromatic nitrogens is 2. The molecule has 7 nitrogen and oxygen atoms in total. The molecule has 0 aliphatic heterocycles. The molecule has 0 N–H and O–H groups in total. The Kier molecular flexibility index (Phi) is 3.18. The van der Waals surface area contributed by atoms with E-state index in [0.717, 1.165) is 10.2 Å². The van der Waals surface area contributed by atoms with E-state index in [0.29, 0.717) is 4.47 Å². The number of non-ortho nitro benzene ring substituents is 1. The summed E-state index contributed by atoms with van der Waals surface area (Å²) in [5, 5.41) is 14.3. The van der Waals surface area contributed by atoms with Crippen LogP contribution in [0.2, 0.25) is 0 Å². The average molecular weight is 332 g/mol. The normalized spacial score (nSPS) is 11.4. The molecule has 1 heterocycles. The third-order valence-corrected chi connectivity index (χ3v) is 4.05. The van der Waals surface area contributed by atoms with E-state index in [1.165, 1.54) is 30.6 Å². The summed E-state index contributed by atoms with van der Waals surface area (Å²) < 4.78 is 25.4. The minimum Gasteiger partial charge on any atom is -0.258 e. The molecule has 94 valence electrons. The highest BCUT2D eigenvalue weighted by Gasteiger charge is 2.20. The minimum atomic E-state index is -3.90. The Bertz CT molecular complexity index is 710. The highest BCUT2D eigenvalue weighted by Crippen LogP contribution is 2.20. The van der Waals surface area contributed by atoms with Gasteiger partial charge < -0.3 is 0 Å². The molecule has 0 aliphatic carbocycles. The number of halogens is 1. The monoisotopic (exact) mass is 331 g/mol. The Morgan fingerprint density at radius 3 is 2.67 bits per heavy atom. The molecule has 0 radical (unpaired) electrons. The first-order valence-electron chi connectivity index (χ1n) is 4.61. The molecule has 0 spiro atoms. The predicted octanol–water partition coefficient (Wildman–Crippen LogP) is 1.79. The van der Waals surface area contributed by atoms with Gasteiger partial charge in [-0.3, -0.25) is 10.1 Å². The standard InChI is InChI=1S/C9H6BrN3O4S/c10-7-5-11-12(6-7)18(16,17)9-3-1-2-8(4-9)13(14)15/h1-6H. The maximum Gasteiger partial charge on any atom is 0.283 e. The summed E-state index contributed by atoms with van der Waals surface area (Å²) in [6.07, 6.45) is 2.57. The van der Waals surface area contributed by atoms with Crippen molar-refractivity contribution in [2.75, 3.05) is 0 Å². The Balaban J connectivity index is 2.54. The van der Waals surface area contributed by atoms with E-state index in [-0.39, 0.29) is 10.6 Å². The number of hydrogen-bond acceptors (Lipinski definition) is 5. The van der Waals surface area contributed by atoms with Crippen molar-refractivity contribution in [2.45, 2.75) is 4.90 Å². The largest absolute Gasteiger partial charge is 0.283 e. The lowest BCUT2D eigenvalue weighted by Crippen LogP contribution is -2.13. The summed E-state index contributed by atoms with van der Waals surface area (Å²) in [4.78, 5) is 9.76. The molecule has 0 aliphatic rings. The molecule has 1 aromatic heterocycles. The topological polar surface area (TPSA) is 95.1 Å². The van der Waals surface area contributed by atoms with E-state index in [4.69, 9.17) is 0 Å². The van der Waals surface area contributed by atoms with Gasteiger partial charge in [0, 0.05) is 12.1 Å². The minimum absolute atomic E-state index is 0.188. The van der Waals surface area contributed by atoms with E-state index >= 15 is 0 Å². The second kappa shape index (κ2) is 4.50. The highest BCUT2D eigenvalue weighted by atomic mass is 79.9. The second-order valence-electron chi connectivity index (χ2n) is 3.29. The van der Waals surface area contributed by atoms with Crippen molar-refractivity contribution in [1.29, 1.82) is 0 Å². The van der Waals surface area contributed by atoms with Crippen molar-refractivity contribution in [3.8, 4) is 0 Å². The van der Waals surface area contributed by atoms with E-state index in [2.05, 4.69) is 21.0 Å². The molecular formula is C9H6BrN3O4S. The molecule has 0 amide bonds. The molecule has 9 heteroatoms. The first-order valence-corrected chi connectivity index (χ1v) is 6.85. The molecule has 18 heavy (non-hydrogen) atoms. The van der Waals surface area contributed by atoms with Crippen LogP contribution in [-0.4, -0.2) is 22.5 Å². The van der Waals surface area contributed by atoms with Gasteiger partial charge in [0.25, 0.3) is 15.7 Å². The molecule has 0 atom stereocenters. The van der Waals surface area contributed by atoms with Crippen LogP contribution in [0.5, 0.6) is 0 Å². The molecule has 0 saturated carbocycles. The summed E-state index contributed by atoms with van der Waals surface area (Å²) in [6, 6.07) is 4.80. The van der Waals surface area contributed by atoms with Crippen molar-refractivity contribution < 1.29 is 13.3 Å². The van der Waals surface area contributed by atoms with Crippen molar-refractivity contribution in [1.82, 2.24) is 9.19 Å². The molecule has 0 unspecified atom stereocenters. The Labute approximate surface area is 110 Å². The third-order valence-electron chi connectivity index (χ3n) is 2.10. The lowest BCUT2D eigenvalue weighted by Gasteiger charge is -2.03. The van der Waals surface area contributed by atoms with Crippen molar-refractivity contribution in [3.63, 3.8) is 0 Å². The van der Waals surface area contributed by atoms with E-state index < -0.39 is 14.9 Å². The molecule has 0 fully saturated rings. The number of hydrogen-bond donors (Lipinski definition) is 0. The molecule has 2 aromatic rings. The fraction of sp³-hybridized carbons (Fsp3) is 0. The zero-order valence-electron chi connectivity index (χ0n) is 8.72. The van der Waals surface area contributed by atoms with Crippen LogP contribution in [0.25, 0.3) is 0 Å². The van der Waals surface area contributed by atoms with Crippen LogP contribution in [0.3, 0.4) is 0 Å². The SMILES string of the molecule is O=[N+]([O-])c1cccc(S(=O)(=O)n2cc(Br)cn2)c1. The van der Waals surface area contributed by atoms with Crippen LogP contribution >= 0.6 is 15.9 Å². The van der Waals surface area contributed by atoms with Gasteiger partial charge in [-0.1, -0.05) is 6.07 Å². The van der Waals surface area contributed by atoms with Crippen LogP contribution in [0.4, 0.5) is 5.69 Å². The fourth-order valence-electron chi connectivity index (χ4n) is 1.28. The fourth-order valence-corrected chi connectivity index (χ4v) is 2.86. The summed E-state index contributed by atoms with van der Waals surface area (Å²) in [5.74, 6) is 0. The lowest BCUT2D eigenvalue weighted by atomic mass is 10.3. The molecular weight excluding hydrogens is 326 g/mol. The zero-order valence-corrected chi connectivity index (χ0v) is 11.1. The van der Waals surface area contributed by atoms with Crippen molar-refractivity contribution in [2.24, 2.45) is 0 Å². The van der Waals surface area contributed by atoms with E-state index in [1.807, 2.05) is 0 Å².